The molecule has 0 spiro atoms. The lowest BCUT2D eigenvalue weighted by Crippen LogP contribution is -2.32. The van der Waals surface area contributed by atoms with E-state index in [2.05, 4.69) is 29.6 Å². The smallest absolute Gasteiger partial charge is 0.211 e. The first kappa shape index (κ1) is 16.5. The van der Waals surface area contributed by atoms with Crippen LogP contribution in [-0.4, -0.2) is 38.6 Å². The average Bonchev–Trinajstić information content (AvgIpc) is 3.26. The summed E-state index contributed by atoms with van der Waals surface area (Å²) in [7, 11) is -3.06. The first-order chi connectivity index (χ1) is 10.0. The van der Waals surface area contributed by atoms with Crippen LogP contribution >= 0.6 is 0 Å². The van der Waals surface area contributed by atoms with Crippen LogP contribution in [0.3, 0.4) is 0 Å². The molecule has 1 N–H and O–H groups in total. The molecule has 21 heavy (non-hydrogen) atoms. The SMILES string of the molecule is CCN(CCCNCc1ccccc1C1CC1)S(C)(=O)=O. The molecule has 0 amide bonds. The molecule has 0 aliphatic heterocycles. The van der Waals surface area contributed by atoms with E-state index in [-0.39, 0.29) is 0 Å². The van der Waals surface area contributed by atoms with Gasteiger partial charge < -0.3 is 5.32 Å². The summed E-state index contributed by atoms with van der Waals surface area (Å²) in [5, 5.41) is 3.43. The van der Waals surface area contributed by atoms with E-state index >= 15 is 0 Å². The number of nitrogens with one attached hydrogen (secondary N) is 1. The third kappa shape index (κ3) is 5.09. The summed E-state index contributed by atoms with van der Waals surface area (Å²) < 4.78 is 24.5. The molecule has 0 saturated heterocycles. The summed E-state index contributed by atoms with van der Waals surface area (Å²) in [6.45, 7) is 4.72. The molecule has 1 aliphatic rings. The maximum atomic E-state index is 11.5. The fourth-order valence-corrected chi connectivity index (χ4v) is 3.58. The zero-order chi connectivity index (χ0) is 15.3. The van der Waals surface area contributed by atoms with Crippen molar-refractivity contribution in [1.82, 2.24) is 9.62 Å². The van der Waals surface area contributed by atoms with Crippen LogP contribution in [0.2, 0.25) is 0 Å². The normalized spacial score (nSPS) is 15.6. The van der Waals surface area contributed by atoms with E-state index in [1.165, 1.54) is 34.5 Å². The van der Waals surface area contributed by atoms with Crippen molar-refractivity contribution in [3.8, 4) is 0 Å². The van der Waals surface area contributed by atoms with E-state index in [9.17, 15) is 8.42 Å². The van der Waals surface area contributed by atoms with Gasteiger partial charge in [-0.2, -0.15) is 0 Å². The second-order valence-corrected chi connectivity index (χ2v) is 7.74. The van der Waals surface area contributed by atoms with Gasteiger partial charge in [-0.3, -0.25) is 0 Å². The van der Waals surface area contributed by atoms with Crippen LogP contribution in [0.1, 0.15) is 43.2 Å². The van der Waals surface area contributed by atoms with E-state index in [1.807, 2.05) is 6.92 Å². The molecule has 1 aromatic rings. The zero-order valence-electron chi connectivity index (χ0n) is 13.0. The predicted molar refractivity (Wildman–Crippen MR) is 86.8 cm³/mol. The third-order valence-corrected chi connectivity index (χ3v) is 5.35. The van der Waals surface area contributed by atoms with Crippen LogP contribution in [0.5, 0.6) is 0 Å². The van der Waals surface area contributed by atoms with Gasteiger partial charge in [0.25, 0.3) is 0 Å². The molecular formula is C16H26N2O2S. The Morgan fingerprint density at radius 1 is 1.29 bits per heavy atom. The van der Waals surface area contributed by atoms with Crippen molar-refractivity contribution in [1.29, 1.82) is 0 Å². The van der Waals surface area contributed by atoms with Crippen LogP contribution < -0.4 is 5.32 Å². The molecule has 1 fully saturated rings. The fourth-order valence-electron chi connectivity index (χ4n) is 2.65. The highest BCUT2D eigenvalue weighted by Crippen LogP contribution is 2.41. The Hall–Kier alpha value is -0.910. The molecular weight excluding hydrogens is 284 g/mol. The minimum atomic E-state index is -3.06. The zero-order valence-corrected chi connectivity index (χ0v) is 13.8. The Bertz CT molecular complexity index is 553. The minimum Gasteiger partial charge on any atom is -0.313 e. The molecule has 0 heterocycles. The van der Waals surface area contributed by atoms with Gasteiger partial charge in [0.1, 0.15) is 0 Å². The summed E-state index contributed by atoms with van der Waals surface area (Å²) in [5.41, 5.74) is 2.87. The number of hydrogen-bond donors (Lipinski definition) is 1. The lowest BCUT2D eigenvalue weighted by Gasteiger charge is -2.17. The summed E-state index contributed by atoms with van der Waals surface area (Å²) in [5.74, 6) is 0.767. The van der Waals surface area contributed by atoms with Gasteiger partial charge >= 0.3 is 0 Å². The van der Waals surface area contributed by atoms with Gasteiger partial charge in [-0.25, -0.2) is 12.7 Å². The molecule has 0 bridgehead atoms. The van der Waals surface area contributed by atoms with Crippen molar-refractivity contribution in [2.45, 2.75) is 38.6 Å². The first-order valence-corrected chi connectivity index (χ1v) is 9.61. The van der Waals surface area contributed by atoms with Crippen molar-refractivity contribution in [3.05, 3.63) is 35.4 Å². The molecule has 1 saturated carbocycles. The molecule has 1 aliphatic carbocycles. The molecule has 4 nitrogen and oxygen atoms in total. The fraction of sp³-hybridized carbons (Fsp3) is 0.625. The first-order valence-electron chi connectivity index (χ1n) is 7.76. The highest BCUT2D eigenvalue weighted by Gasteiger charge is 2.25. The van der Waals surface area contributed by atoms with Gasteiger partial charge in [0.2, 0.25) is 10.0 Å². The van der Waals surface area contributed by atoms with Crippen LogP contribution in [-0.2, 0) is 16.6 Å². The van der Waals surface area contributed by atoms with Gasteiger partial charge in [-0.05, 0) is 42.9 Å². The average molecular weight is 310 g/mol. The number of hydrogen-bond acceptors (Lipinski definition) is 3. The number of nitrogens with zero attached hydrogens (tertiary/aromatic N) is 1. The van der Waals surface area contributed by atoms with Crippen LogP contribution in [0.4, 0.5) is 0 Å². The van der Waals surface area contributed by atoms with Crippen molar-refractivity contribution in [3.63, 3.8) is 0 Å². The standard InChI is InChI=1S/C16H26N2O2S/c1-3-18(21(2,19)20)12-6-11-17-13-15-7-4-5-8-16(15)14-9-10-14/h4-5,7-8,14,17H,3,6,9-13H2,1-2H3. The molecule has 0 radical (unpaired) electrons. The van der Waals surface area contributed by atoms with Gasteiger partial charge in [0, 0.05) is 19.6 Å². The predicted octanol–water partition coefficient (Wildman–Crippen LogP) is 2.33. The second kappa shape index (κ2) is 7.38. The maximum Gasteiger partial charge on any atom is 0.211 e. The Morgan fingerprint density at radius 2 is 2.00 bits per heavy atom. The van der Waals surface area contributed by atoms with Crippen molar-refractivity contribution < 1.29 is 8.42 Å². The highest BCUT2D eigenvalue weighted by atomic mass is 32.2. The monoisotopic (exact) mass is 310 g/mol. The van der Waals surface area contributed by atoms with Gasteiger partial charge in [-0.15, -0.1) is 0 Å². The molecule has 0 aromatic heterocycles. The summed E-state index contributed by atoms with van der Waals surface area (Å²) >= 11 is 0. The van der Waals surface area contributed by atoms with Crippen molar-refractivity contribution >= 4 is 10.0 Å². The van der Waals surface area contributed by atoms with E-state index in [0.29, 0.717) is 13.1 Å². The molecule has 2 rings (SSSR count). The molecule has 0 unspecified atom stereocenters. The Labute approximate surface area is 128 Å². The molecule has 1 aromatic carbocycles. The van der Waals surface area contributed by atoms with Gasteiger partial charge in [0.05, 0.1) is 6.26 Å². The Morgan fingerprint density at radius 3 is 2.62 bits per heavy atom. The van der Waals surface area contributed by atoms with E-state index < -0.39 is 10.0 Å². The summed E-state index contributed by atoms with van der Waals surface area (Å²) in [4.78, 5) is 0. The summed E-state index contributed by atoms with van der Waals surface area (Å²) in [6, 6.07) is 8.63. The van der Waals surface area contributed by atoms with Gasteiger partial charge in [0.15, 0.2) is 0 Å². The lowest BCUT2D eigenvalue weighted by atomic mass is 10.0. The highest BCUT2D eigenvalue weighted by molar-refractivity contribution is 7.88. The van der Waals surface area contributed by atoms with Crippen LogP contribution in [0.15, 0.2) is 24.3 Å². The minimum absolute atomic E-state index is 0.545. The van der Waals surface area contributed by atoms with Crippen LogP contribution in [0, 0.1) is 0 Å². The topological polar surface area (TPSA) is 49.4 Å². The van der Waals surface area contributed by atoms with E-state index in [0.717, 1.165) is 25.4 Å². The number of benzene rings is 1. The Balaban J connectivity index is 1.73. The second-order valence-electron chi connectivity index (χ2n) is 5.76. The van der Waals surface area contributed by atoms with Crippen molar-refractivity contribution in [2.75, 3.05) is 25.9 Å². The van der Waals surface area contributed by atoms with E-state index in [1.54, 1.807) is 0 Å². The Kier molecular flexibility index (Phi) is 5.79. The third-order valence-electron chi connectivity index (χ3n) is 3.97. The summed E-state index contributed by atoms with van der Waals surface area (Å²) in [6.07, 6.45) is 4.75. The maximum absolute atomic E-state index is 11.5. The largest absolute Gasteiger partial charge is 0.313 e. The van der Waals surface area contributed by atoms with E-state index in [4.69, 9.17) is 0 Å². The number of sulfonamides is 1. The molecule has 0 atom stereocenters. The lowest BCUT2D eigenvalue weighted by molar-refractivity contribution is 0.419. The molecule has 5 heteroatoms. The quantitative estimate of drug-likeness (QED) is 0.712. The van der Waals surface area contributed by atoms with Crippen LogP contribution in [0.25, 0.3) is 0 Å². The molecule has 118 valence electrons. The number of rotatable bonds is 9. The van der Waals surface area contributed by atoms with Crippen molar-refractivity contribution in [2.24, 2.45) is 0 Å². The van der Waals surface area contributed by atoms with Gasteiger partial charge in [-0.1, -0.05) is 31.2 Å².